The lowest BCUT2D eigenvalue weighted by Crippen LogP contribution is -2.17. The van der Waals surface area contributed by atoms with Gasteiger partial charge in [-0.25, -0.2) is 0 Å². The topological polar surface area (TPSA) is 62.3 Å². The summed E-state index contributed by atoms with van der Waals surface area (Å²) >= 11 is 0. The quantitative estimate of drug-likeness (QED) is 0.676. The van der Waals surface area contributed by atoms with Crippen LogP contribution in [0.2, 0.25) is 0 Å². The molecule has 0 spiro atoms. The van der Waals surface area contributed by atoms with Crippen LogP contribution in [0.3, 0.4) is 0 Å². The van der Waals surface area contributed by atoms with Gasteiger partial charge in [0.05, 0.1) is 17.9 Å². The summed E-state index contributed by atoms with van der Waals surface area (Å²) in [6.45, 7) is 1.55. The fourth-order valence-corrected chi connectivity index (χ4v) is 1.50. The van der Waals surface area contributed by atoms with Crippen LogP contribution in [0.5, 0.6) is 0 Å². The zero-order chi connectivity index (χ0) is 9.97. The van der Waals surface area contributed by atoms with Gasteiger partial charge < -0.3 is 5.73 Å². The molecule has 4 nitrogen and oxygen atoms in total. The van der Waals surface area contributed by atoms with Gasteiger partial charge in [-0.3, -0.25) is 9.90 Å². The Bertz CT molecular complexity index is 377. The van der Waals surface area contributed by atoms with E-state index in [4.69, 9.17) is 15.8 Å². The first-order chi connectivity index (χ1) is 6.81. The van der Waals surface area contributed by atoms with Crippen molar-refractivity contribution in [3.63, 3.8) is 0 Å². The maximum Gasteiger partial charge on any atom is 0.101 e. The summed E-state index contributed by atoms with van der Waals surface area (Å²) in [5.74, 6) is 0. The third-order valence-electron chi connectivity index (χ3n) is 2.16. The highest BCUT2D eigenvalue weighted by molar-refractivity contribution is 5.63. The lowest BCUT2D eigenvalue weighted by atomic mass is 10.1. The number of anilines is 2. The van der Waals surface area contributed by atoms with E-state index < -0.39 is 0 Å². The molecule has 0 bridgehead atoms. The second-order valence-corrected chi connectivity index (χ2v) is 3.18. The van der Waals surface area contributed by atoms with Gasteiger partial charge in [0.2, 0.25) is 0 Å². The van der Waals surface area contributed by atoms with Crippen LogP contribution in [0.25, 0.3) is 0 Å². The number of hydrogen-bond donors (Lipinski definition) is 1. The molecule has 0 saturated carbocycles. The number of nitrogen functional groups attached to an aromatic ring is 1. The molecule has 1 aliphatic heterocycles. The van der Waals surface area contributed by atoms with Crippen molar-refractivity contribution >= 4 is 11.4 Å². The molecule has 0 radical (unpaired) electrons. The lowest BCUT2D eigenvalue weighted by Gasteiger charge is -2.17. The van der Waals surface area contributed by atoms with Gasteiger partial charge in [0.25, 0.3) is 0 Å². The smallest absolute Gasteiger partial charge is 0.101 e. The van der Waals surface area contributed by atoms with E-state index in [2.05, 4.69) is 6.07 Å². The van der Waals surface area contributed by atoms with Crippen molar-refractivity contribution in [3.8, 4) is 6.07 Å². The summed E-state index contributed by atoms with van der Waals surface area (Å²) in [5, 5.41) is 10.7. The number of rotatable bonds is 1. The predicted octanol–water partition coefficient (Wildman–Crippen LogP) is 1.28. The third kappa shape index (κ3) is 1.50. The molecule has 0 amide bonds. The molecule has 2 rings (SSSR count). The van der Waals surface area contributed by atoms with Crippen molar-refractivity contribution in [3.05, 3.63) is 23.8 Å². The van der Waals surface area contributed by atoms with Crippen LogP contribution in [0, 0.1) is 11.3 Å². The van der Waals surface area contributed by atoms with Crippen LogP contribution in [0.1, 0.15) is 12.0 Å². The third-order valence-corrected chi connectivity index (χ3v) is 2.16. The first-order valence-corrected chi connectivity index (χ1v) is 4.51. The van der Waals surface area contributed by atoms with Crippen LogP contribution >= 0.6 is 0 Å². The minimum absolute atomic E-state index is 0.562. The molecule has 2 N–H and O–H groups in total. The van der Waals surface area contributed by atoms with Gasteiger partial charge in [0, 0.05) is 12.2 Å². The highest BCUT2D eigenvalue weighted by Gasteiger charge is 2.16. The highest BCUT2D eigenvalue weighted by Crippen LogP contribution is 2.25. The van der Waals surface area contributed by atoms with Gasteiger partial charge >= 0.3 is 0 Å². The van der Waals surface area contributed by atoms with Crippen LogP contribution in [-0.4, -0.2) is 13.2 Å². The Kier molecular flexibility index (Phi) is 2.25. The van der Waals surface area contributed by atoms with Crippen molar-refractivity contribution in [2.75, 3.05) is 23.9 Å². The average Bonchev–Trinajstić information content (AvgIpc) is 2.70. The van der Waals surface area contributed by atoms with E-state index in [1.165, 1.54) is 0 Å². The molecule has 4 heteroatoms. The van der Waals surface area contributed by atoms with E-state index in [1.54, 1.807) is 17.2 Å². The molecular formula is C10H11N3O. The Labute approximate surface area is 82.4 Å². The first-order valence-electron chi connectivity index (χ1n) is 4.51. The molecular weight excluding hydrogens is 178 g/mol. The fourth-order valence-electron chi connectivity index (χ4n) is 1.50. The van der Waals surface area contributed by atoms with E-state index in [-0.39, 0.29) is 0 Å². The van der Waals surface area contributed by atoms with Crippen LogP contribution in [0.4, 0.5) is 11.4 Å². The van der Waals surface area contributed by atoms with Crippen molar-refractivity contribution in [2.45, 2.75) is 6.42 Å². The van der Waals surface area contributed by atoms with Gasteiger partial charge in [0.1, 0.15) is 6.07 Å². The molecule has 1 aliphatic rings. The maximum atomic E-state index is 8.92. The predicted molar refractivity (Wildman–Crippen MR) is 53.5 cm³/mol. The fraction of sp³-hybridized carbons (Fsp3) is 0.300. The Morgan fingerprint density at radius 1 is 1.50 bits per heavy atom. The second-order valence-electron chi connectivity index (χ2n) is 3.18. The maximum absolute atomic E-state index is 8.92. The van der Waals surface area contributed by atoms with Crippen molar-refractivity contribution in [1.82, 2.24) is 0 Å². The minimum Gasteiger partial charge on any atom is -0.399 e. The number of benzene rings is 1. The Morgan fingerprint density at radius 3 is 3.00 bits per heavy atom. The van der Waals surface area contributed by atoms with Crippen molar-refractivity contribution in [2.24, 2.45) is 0 Å². The molecule has 0 aromatic heterocycles. The summed E-state index contributed by atoms with van der Waals surface area (Å²) < 4.78 is 0. The van der Waals surface area contributed by atoms with Crippen LogP contribution in [-0.2, 0) is 4.84 Å². The molecule has 1 saturated heterocycles. The molecule has 1 heterocycles. The van der Waals surface area contributed by atoms with Gasteiger partial charge in [-0.1, -0.05) is 0 Å². The van der Waals surface area contributed by atoms with Gasteiger partial charge in [-0.05, 0) is 24.6 Å². The molecule has 72 valence electrons. The summed E-state index contributed by atoms with van der Waals surface area (Å²) in [4.78, 5) is 5.36. The largest absolute Gasteiger partial charge is 0.399 e. The zero-order valence-corrected chi connectivity index (χ0v) is 7.73. The normalized spacial score (nSPS) is 15.5. The monoisotopic (exact) mass is 189 g/mol. The summed E-state index contributed by atoms with van der Waals surface area (Å²) in [7, 11) is 0. The summed E-state index contributed by atoms with van der Waals surface area (Å²) in [6, 6.07) is 7.37. The number of nitrogens with zero attached hydrogens (tertiary/aromatic N) is 2. The summed E-state index contributed by atoms with van der Waals surface area (Å²) in [6.07, 6.45) is 0.995. The zero-order valence-electron chi connectivity index (χ0n) is 7.73. The Morgan fingerprint density at radius 2 is 2.36 bits per heavy atom. The van der Waals surface area contributed by atoms with E-state index in [0.717, 1.165) is 25.3 Å². The number of nitriles is 1. The van der Waals surface area contributed by atoms with Gasteiger partial charge in [0.15, 0.2) is 0 Å². The van der Waals surface area contributed by atoms with Crippen molar-refractivity contribution in [1.29, 1.82) is 5.26 Å². The first kappa shape index (κ1) is 8.85. The van der Waals surface area contributed by atoms with E-state index in [9.17, 15) is 0 Å². The SMILES string of the molecule is N#Cc1cc(N)ccc1N1CCCO1. The Balaban J connectivity index is 2.37. The minimum atomic E-state index is 0.562. The van der Waals surface area contributed by atoms with Crippen LogP contribution < -0.4 is 10.8 Å². The highest BCUT2D eigenvalue weighted by atomic mass is 16.7. The van der Waals surface area contributed by atoms with E-state index in [1.807, 2.05) is 6.07 Å². The van der Waals surface area contributed by atoms with Gasteiger partial charge in [-0.2, -0.15) is 5.26 Å². The molecule has 1 aromatic carbocycles. The van der Waals surface area contributed by atoms with Crippen molar-refractivity contribution < 1.29 is 4.84 Å². The average molecular weight is 189 g/mol. The molecule has 0 unspecified atom stereocenters. The Hall–Kier alpha value is -1.73. The van der Waals surface area contributed by atoms with Gasteiger partial charge in [-0.15, -0.1) is 0 Å². The van der Waals surface area contributed by atoms with Crippen LogP contribution in [0.15, 0.2) is 18.2 Å². The molecule has 0 atom stereocenters. The summed E-state index contributed by atoms with van der Waals surface area (Å²) in [5.41, 5.74) is 7.56. The standard InChI is InChI=1S/C10H11N3O/c11-7-8-6-9(12)2-3-10(8)13-4-1-5-14-13/h2-3,6H,1,4-5,12H2. The second kappa shape index (κ2) is 3.56. The molecule has 1 aromatic rings. The molecule has 0 aliphatic carbocycles. The number of hydrogen-bond acceptors (Lipinski definition) is 4. The van der Waals surface area contributed by atoms with E-state index in [0.29, 0.717) is 11.3 Å². The molecule has 1 fully saturated rings. The number of hydroxylamine groups is 1. The molecule has 14 heavy (non-hydrogen) atoms. The number of nitrogens with two attached hydrogens (primary N) is 1. The lowest BCUT2D eigenvalue weighted by molar-refractivity contribution is 0.168. The van der Waals surface area contributed by atoms with E-state index >= 15 is 0 Å².